The third-order valence-corrected chi connectivity index (χ3v) is 6.09. The first-order valence-electron chi connectivity index (χ1n) is 9.36. The highest BCUT2D eigenvalue weighted by molar-refractivity contribution is 7.89. The van der Waals surface area contributed by atoms with Crippen LogP contribution in [0.2, 0.25) is 0 Å². The fourth-order valence-electron chi connectivity index (χ4n) is 2.77. The molecule has 170 valence electrons. The van der Waals surface area contributed by atoms with Crippen LogP contribution in [0.4, 0.5) is 0 Å². The van der Waals surface area contributed by atoms with Gasteiger partial charge in [-0.25, -0.2) is 8.42 Å². The largest absolute Gasteiger partial charge is 0.468 e. The van der Waals surface area contributed by atoms with E-state index in [0.29, 0.717) is 11.3 Å². The first-order valence-corrected chi connectivity index (χ1v) is 10.8. The van der Waals surface area contributed by atoms with Gasteiger partial charge in [-0.3, -0.25) is 4.79 Å². The molecule has 0 heterocycles. The van der Waals surface area contributed by atoms with E-state index in [-0.39, 0.29) is 31.6 Å². The molecule has 0 amide bonds. The van der Waals surface area contributed by atoms with Crippen LogP contribution in [0.1, 0.15) is 5.56 Å². The standard InChI is InChI=1S/C21H27NO8S/c1-26-14-22(31(24,25)19-7-5-4-6-8-19)20(21(23)30-16-28-3)13-17-9-11-18(12-10-17)29-15-27-2/h4-12,20H,13-16H2,1-3H3. The quantitative estimate of drug-likeness (QED) is 0.335. The number of rotatable bonds is 13. The van der Waals surface area contributed by atoms with Crippen LogP contribution >= 0.6 is 0 Å². The Kier molecular flexibility index (Phi) is 9.89. The molecule has 9 nitrogen and oxygen atoms in total. The molecule has 0 aromatic heterocycles. The molecule has 2 aromatic rings. The lowest BCUT2D eigenvalue weighted by Crippen LogP contribution is -2.48. The zero-order chi connectivity index (χ0) is 22.7. The molecule has 0 saturated carbocycles. The Morgan fingerprint density at radius 3 is 2.13 bits per heavy atom. The van der Waals surface area contributed by atoms with E-state index in [1.54, 1.807) is 42.5 Å². The van der Waals surface area contributed by atoms with Gasteiger partial charge in [-0.15, -0.1) is 0 Å². The minimum Gasteiger partial charge on any atom is -0.468 e. The lowest BCUT2D eigenvalue weighted by atomic mass is 10.1. The molecule has 0 aliphatic heterocycles. The van der Waals surface area contributed by atoms with Gasteiger partial charge in [0.2, 0.25) is 10.0 Å². The number of esters is 1. The first-order chi connectivity index (χ1) is 14.9. The highest BCUT2D eigenvalue weighted by Gasteiger charge is 2.37. The summed E-state index contributed by atoms with van der Waals surface area (Å²) in [5, 5.41) is 0. The van der Waals surface area contributed by atoms with E-state index >= 15 is 0 Å². The lowest BCUT2D eigenvalue weighted by molar-refractivity contribution is -0.159. The average Bonchev–Trinajstić information content (AvgIpc) is 2.79. The Balaban J connectivity index is 2.36. The van der Waals surface area contributed by atoms with Crippen molar-refractivity contribution in [2.24, 2.45) is 0 Å². The maximum absolute atomic E-state index is 13.3. The molecule has 0 radical (unpaired) electrons. The van der Waals surface area contributed by atoms with Gasteiger partial charge in [0.05, 0.1) is 4.90 Å². The minimum absolute atomic E-state index is 0.0416. The summed E-state index contributed by atoms with van der Waals surface area (Å²) >= 11 is 0. The number of nitrogens with zero attached hydrogens (tertiary/aromatic N) is 1. The maximum atomic E-state index is 13.3. The molecule has 0 aliphatic rings. The lowest BCUT2D eigenvalue weighted by Gasteiger charge is -2.28. The van der Waals surface area contributed by atoms with E-state index in [2.05, 4.69) is 0 Å². The van der Waals surface area contributed by atoms with E-state index in [1.165, 1.54) is 33.5 Å². The fraction of sp³-hybridized carbons (Fsp3) is 0.381. The molecule has 1 atom stereocenters. The number of methoxy groups -OCH3 is 3. The topological polar surface area (TPSA) is 101 Å². The Labute approximate surface area is 182 Å². The Morgan fingerprint density at radius 2 is 1.55 bits per heavy atom. The van der Waals surface area contributed by atoms with Crippen LogP contribution < -0.4 is 4.74 Å². The van der Waals surface area contributed by atoms with Crippen LogP contribution in [-0.4, -0.2) is 66.4 Å². The third kappa shape index (κ3) is 7.01. The zero-order valence-electron chi connectivity index (χ0n) is 17.7. The highest BCUT2D eigenvalue weighted by atomic mass is 32.2. The van der Waals surface area contributed by atoms with Gasteiger partial charge in [-0.05, 0) is 36.2 Å². The van der Waals surface area contributed by atoms with Gasteiger partial charge in [-0.1, -0.05) is 30.3 Å². The number of ether oxygens (including phenoxy) is 5. The van der Waals surface area contributed by atoms with Crippen molar-refractivity contribution < 1.29 is 36.9 Å². The minimum atomic E-state index is -4.05. The number of benzene rings is 2. The summed E-state index contributed by atoms with van der Waals surface area (Å²) in [5.41, 5.74) is 0.702. The van der Waals surface area contributed by atoms with Crippen molar-refractivity contribution in [1.29, 1.82) is 0 Å². The van der Waals surface area contributed by atoms with Gasteiger partial charge in [0.1, 0.15) is 18.5 Å². The number of sulfonamides is 1. The van der Waals surface area contributed by atoms with Gasteiger partial charge in [0.15, 0.2) is 13.6 Å². The molecule has 2 rings (SSSR count). The molecular weight excluding hydrogens is 426 g/mol. The van der Waals surface area contributed by atoms with Crippen LogP contribution in [0, 0.1) is 0 Å². The SMILES string of the molecule is COCOC(=O)C(Cc1ccc(OCOC)cc1)N(COC)S(=O)(=O)c1ccccc1. The van der Waals surface area contributed by atoms with Gasteiger partial charge in [0, 0.05) is 21.3 Å². The molecular formula is C21H27NO8S. The third-order valence-electron chi connectivity index (χ3n) is 4.24. The van der Waals surface area contributed by atoms with Crippen molar-refractivity contribution in [3.05, 3.63) is 60.2 Å². The molecule has 2 aromatic carbocycles. The molecule has 0 aliphatic carbocycles. The summed E-state index contributed by atoms with van der Waals surface area (Å²) in [6.07, 6.45) is 0.0581. The smallest absolute Gasteiger partial charge is 0.327 e. The highest BCUT2D eigenvalue weighted by Crippen LogP contribution is 2.22. The van der Waals surface area contributed by atoms with Crippen LogP contribution in [0.25, 0.3) is 0 Å². The average molecular weight is 454 g/mol. The van der Waals surface area contributed by atoms with Crippen LogP contribution in [0.15, 0.2) is 59.5 Å². The second-order valence-electron chi connectivity index (χ2n) is 6.41. The van der Waals surface area contributed by atoms with Crippen molar-refractivity contribution >= 4 is 16.0 Å². The van der Waals surface area contributed by atoms with E-state index in [9.17, 15) is 13.2 Å². The summed E-state index contributed by atoms with van der Waals surface area (Å²) in [7, 11) is 0.193. The second-order valence-corrected chi connectivity index (χ2v) is 8.30. The maximum Gasteiger partial charge on any atom is 0.327 e. The molecule has 0 fully saturated rings. The molecule has 0 saturated heterocycles. The monoisotopic (exact) mass is 453 g/mol. The van der Waals surface area contributed by atoms with Crippen LogP contribution in [-0.2, 0) is 40.2 Å². The van der Waals surface area contributed by atoms with Gasteiger partial charge < -0.3 is 23.7 Å². The van der Waals surface area contributed by atoms with Gasteiger partial charge in [-0.2, -0.15) is 4.31 Å². The van der Waals surface area contributed by atoms with Crippen molar-refractivity contribution in [3.63, 3.8) is 0 Å². The Bertz CT molecular complexity index is 903. The first kappa shape index (κ1) is 24.8. The van der Waals surface area contributed by atoms with Gasteiger partial charge >= 0.3 is 5.97 Å². The second kappa shape index (κ2) is 12.4. The summed E-state index contributed by atoms with van der Waals surface area (Å²) in [5.74, 6) is -0.173. The van der Waals surface area contributed by atoms with Crippen molar-refractivity contribution in [3.8, 4) is 5.75 Å². The van der Waals surface area contributed by atoms with E-state index < -0.39 is 22.0 Å². The molecule has 1 unspecified atom stereocenters. The summed E-state index contributed by atoms with van der Waals surface area (Å²) < 4.78 is 52.8. The van der Waals surface area contributed by atoms with E-state index in [1.807, 2.05) is 0 Å². The predicted octanol–water partition coefficient (Wildman–Crippen LogP) is 2.02. The Morgan fingerprint density at radius 1 is 0.903 bits per heavy atom. The molecule has 0 N–H and O–H groups in total. The summed E-state index contributed by atoms with van der Waals surface area (Å²) in [6.45, 7) is -0.535. The van der Waals surface area contributed by atoms with Crippen LogP contribution in [0.5, 0.6) is 5.75 Å². The predicted molar refractivity (Wildman–Crippen MR) is 112 cm³/mol. The van der Waals surface area contributed by atoms with Gasteiger partial charge in [0.25, 0.3) is 0 Å². The van der Waals surface area contributed by atoms with Crippen molar-refractivity contribution in [2.45, 2.75) is 17.4 Å². The Hall–Kier alpha value is -2.50. The van der Waals surface area contributed by atoms with Crippen molar-refractivity contribution in [1.82, 2.24) is 4.31 Å². The van der Waals surface area contributed by atoms with Crippen LogP contribution in [0.3, 0.4) is 0 Å². The molecule has 10 heteroatoms. The van der Waals surface area contributed by atoms with E-state index in [0.717, 1.165) is 4.31 Å². The summed E-state index contributed by atoms with van der Waals surface area (Å²) in [6, 6.07) is 13.5. The summed E-state index contributed by atoms with van der Waals surface area (Å²) in [4.78, 5) is 12.8. The number of hydrogen-bond donors (Lipinski definition) is 0. The number of carbonyl (C=O) groups excluding carboxylic acids is 1. The zero-order valence-corrected chi connectivity index (χ0v) is 18.5. The molecule has 0 bridgehead atoms. The number of hydrogen-bond acceptors (Lipinski definition) is 8. The number of carbonyl (C=O) groups is 1. The normalized spacial score (nSPS) is 12.5. The molecule has 31 heavy (non-hydrogen) atoms. The van der Waals surface area contributed by atoms with E-state index in [4.69, 9.17) is 23.7 Å². The molecule has 0 spiro atoms. The van der Waals surface area contributed by atoms with Crippen molar-refractivity contribution in [2.75, 3.05) is 41.6 Å². The fourth-order valence-corrected chi connectivity index (χ4v) is 4.28.